The molecule has 0 amide bonds. The van der Waals surface area contributed by atoms with Crippen molar-refractivity contribution in [2.75, 3.05) is 13.7 Å². The van der Waals surface area contributed by atoms with Gasteiger partial charge in [0.1, 0.15) is 0 Å². The summed E-state index contributed by atoms with van der Waals surface area (Å²) in [5, 5.41) is 4.57. The maximum absolute atomic E-state index is 11.2. The smallest absolute Gasteiger partial charge is 0.212 e. The summed E-state index contributed by atoms with van der Waals surface area (Å²) in [7, 11) is -1.93. The van der Waals surface area contributed by atoms with Gasteiger partial charge in [0.15, 0.2) is 0 Å². The van der Waals surface area contributed by atoms with Gasteiger partial charge in [-0.25, -0.2) is 13.6 Å². The van der Waals surface area contributed by atoms with Crippen molar-refractivity contribution in [2.24, 2.45) is 11.1 Å². The van der Waals surface area contributed by atoms with E-state index in [1.54, 1.807) is 6.08 Å². The number of hydrogen-bond donors (Lipinski definition) is 1. The van der Waals surface area contributed by atoms with Crippen LogP contribution >= 0.6 is 0 Å². The molecular formula is C9H19NO3S. The molecule has 0 aliphatic heterocycles. The van der Waals surface area contributed by atoms with Crippen LogP contribution in [-0.2, 0) is 14.8 Å². The fraction of sp³-hybridized carbons (Fsp3) is 0.778. The molecule has 0 aromatic rings. The minimum Gasteiger partial charge on any atom is -0.385 e. The number of rotatable bonds is 7. The van der Waals surface area contributed by atoms with Crippen LogP contribution < -0.4 is 5.14 Å². The second-order valence-electron chi connectivity index (χ2n) is 3.44. The lowest BCUT2D eigenvalue weighted by atomic mass is 10.0. The summed E-state index contributed by atoms with van der Waals surface area (Å²) in [5.41, 5.74) is 0. The summed E-state index contributed by atoms with van der Waals surface area (Å²) in [4.78, 5) is 0. The number of sulfonamides is 1. The molecule has 84 valence electrons. The van der Waals surface area contributed by atoms with Gasteiger partial charge in [-0.15, -0.1) is 6.58 Å². The molecule has 0 saturated heterocycles. The van der Waals surface area contributed by atoms with Crippen molar-refractivity contribution in [1.29, 1.82) is 0 Å². The van der Waals surface area contributed by atoms with Crippen molar-refractivity contribution in [2.45, 2.75) is 25.0 Å². The minimum absolute atomic E-state index is 0.148. The van der Waals surface area contributed by atoms with Crippen LogP contribution in [0.15, 0.2) is 12.7 Å². The number of allylic oxidation sites excluding steroid dienone is 1. The van der Waals surface area contributed by atoms with Crippen LogP contribution in [0, 0.1) is 5.92 Å². The van der Waals surface area contributed by atoms with Gasteiger partial charge < -0.3 is 4.74 Å². The molecule has 0 radical (unpaired) electrons. The van der Waals surface area contributed by atoms with Crippen LogP contribution in [0.3, 0.4) is 0 Å². The predicted molar refractivity (Wildman–Crippen MR) is 57.4 cm³/mol. The van der Waals surface area contributed by atoms with Crippen LogP contribution in [0.1, 0.15) is 19.8 Å². The molecule has 5 heteroatoms. The Morgan fingerprint density at radius 1 is 1.57 bits per heavy atom. The van der Waals surface area contributed by atoms with Gasteiger partial charge in [-0.2, -0.15) is 0 Å². The van der Waals surface area contributed by atoms with E-state index >= 15 is 0 Å². The molecule has 0 aliphatic carbocycles. The van der Waals surface area contributed by atoms with Crippen molar-refractivity contribution in [3.63, 3.8) is 0 Å². The Balaban J connectivity index is 4.33. The van der Waals surface area contributed by atoms with Gasteiger partial charge in [0.2, 0.25) is 10.0 Å². The van der Waals surface area contributed by atoms with E-state index in [1.165, 1.54) is 7.11 Å². The molecule has 4 nitrogen and oxygen atoms in total. The minimum atomic E-state index is -3.47. The van der Waals surface area contributed by atoms with Gasteiger partial charge in [0.05, 0.1) is 5.25 Å². The Morgan fingerprint density at radius 2 is 2.14 bits per heavy atom. The maximum atomic E-state index is 11.2. The third-order valence-electron chi connectivity index (χ3n) is 2.15. The van der Waals surface area contributed by atoms with Gasteiger partial charge >= 0.3 is 0 Å². The molecule has 14 heavy (non-hydrogen) atoms. The molecule has 0 unspecified atom stereocenters. The van der Waals surface area contributed by atoms with E-state index in [9.17, 15) is 8.42 Å². The number of primary sulfonamides is 1. The number of methoxy groups -OCH3 is 1. The van der Waals surface area contributed by atoms with Crippen molar-refractivity contribution in [3.05, 3.63) is 12.7 Å². The zero-order valence-electron chi connectivity index (χ0n) is 8.77. The molecular weight excluding hydrogens is 202 g/mol. The summed E-state index contributed by atoms with van der Waals surface area (Å²) in [6.45, 7) is 5.93. The molecule has 0 saturated carbocycles. The van der Waals surface area contributed by atoms with Crippen LogP contribution in [0.2, 0.25) is 0 Å². The highest BCUT2D eigenvalue weighted by atomic mass is 32.2. The molecule has 0 aromatic carbocycles. The largest absolute Gasteiger partial charge is 0.385 e. The molecule has 0 heterocycles. The van der Waals surface area contributed by atoms with Crippen molar-refractivity contribution in [1.82, 2.24) is 0 Å². The highest BCUT2D eigenvalue weighted by molar-refractivity contribution is 7.89. The Labute approximate surface area is 86.2 Å². The first-order valence-corrected chi connectivity index (χ1v) is 6.15. The van der Waals surface area contributed by atoms with Gasteiger partial charge in [0.25, 0.3) is 0 Å². The van der Waals surface area contributed by atoms with E-state index in [1.807, 2.05) is 6.92 Å². The van der Waals surface area contributed by atoms with E-state index in [2.05, 4.69) is 6.58 Å². The first-order valence-electron chi connectivity index (χ1n) is 4.55. The molecule has 2 atom stereocenters. The average Bonchev–Trinajstić information content (AvgIpc) is 2.09. The molecule has 0 bridgehead atoms. The second kappa shape index (κ2) is 6.16. The zero-order valence-corrected chi connectivity index (χ0v) is 9.59. The summed E-state index contributed by atoms with van der Waals surface area (Å²) in [6.07, 6.45) is 2.67. The number of ether oxygens (including phenoxy) is 1. The lowest BCUT2D eigenvalue weighted by Crippen LogP contribution is -2.31. The molecule has 2 N–H and O–H groups in total. The Morgan fingerprint density at radius 3 is 2.50 bits per heavy atom. The monoisotopic (exact) mass is 221 g/mol. The third kappa shape index (κ3) is 5.36. The molecule has 0 fully saturated rings. The van der Waals surface area contributed by atoms with Gasteiger partial charge in [-0.3, -0.25) is 0 Å². The molecule has 0 spiro atoms. The standard InChI is InChI=1S/C9H19NO3S/c1-4-8(2)7-9(5-6-13-3)14(10,11)12/h4,8-9H,1,5-7H2,2-3H3,(H2,10,11,12)/t8-,9-/m1/s1. The normalized spacial score (nSPS) is 16.2. The SMILES string of the molecule is C=C[C@@H](C)C[C@@H](CCOC)S(N)(=O)=O. The number of nitrogens with two attached hydrogens (primary N) is 1. The summed E-state index contributed by atoms with van der Waals surface area (Å²) in [5.74, 6) is 0.148. The van der Waals surface area contributed by atoms with E-state index in [-0.39, 0.29) is 5.92 Å². The van der Waals surface area contributed by atoms with E-state index in [0.29, 0.717) is 19.4 Å². The van der Waals surface area contributed by atoms with Crippen LogP contribution in [-0.4, -0.2) is 27.4 Å². The topological polar surface area (TPSA) is 69.4 Å². The lowest BCUT2D eigenvalue weighted by Gasteiger charge is -2.16. The van der Waals surface area contributed by atoms with Gasteiger partial charge in [0, 0.05) is 13.7 Å². The van der Waals surface area contributed by atoms with Crippen LogP contribution in [0.5, 0.6) is 0 Å². The van der Waals surface area contributed by atoms with Crippen LogP contribution in [0.4, 0.5) is 0 Å². The second-order valence-corrected chi connectivity index (χ2v) is 5.29. The Hall–Kier alpha value is -0.390. The van der Waals surface area contributed by atoms with Crippen molar-refractivity contribution in [3.8, 4) is 0 Å². The van der Waals surface area contributed by atoms with E-state index in [0.717, 1.165) is 0 Å². The highest BCUT2D eigenvalue weighted by Crippen LogP contribution is 2.15. The Kier molecular flexibility index (Phi) is 5.99. The fourth-order valence-corrected chi connectivity index (χ4v) is 2.17. The van der Waals surface area contributed by atoms with Crippen molar-refractivity contribution < 1.29 is 13.2 Å². The zero-order chi connectivity index (χ0) is 11.2. The van der Waals surface area contributed by atoms with Crippen molar-refractivity contribution >= 4 is 10.0 Å². The van der Waals surface area contributed by atoms with Crippen LogP contribution in [0.25, 0.3) is 0 Å². The van der Waals surface area contributed by atoms with E-state index in [4.69, 9.17) is 9.88 Å². The number of hydrogen-bond acceptors (Lipinski definition) is 3. The third-order valence-corrected chi connectivity index (χ3v) is 3.50. The fourth-order valence-electron chi connectivity index (χ4n) is 1.18. The predicted octanol–water partition coefficient (Wildman–Crippen LogP) is 0.892. The summed E-state index contributed by atoms with van der Waals surface area (Å²) in [6, 6.07) is 0. The summed E-state index contributed by atoms with van der Waals surface area (Å²) < 4.78 is 27.2. The summed E-state index contributed by atoms with van der Waals surface area (Å²) >= 11 is 0. The molecule has 0 aliphatic rings. The first-order chi connectivity index (χ1) is 6.41. The van der Waals surface area contributed by atoms with Gasteiger partial charge in [-0.1, -0.05) is 13.0 Å². The molecule has 0 rings (SSSR count). The molecule has 0 aromatic heterocycles. The first kappa shape index (κ1) is 13.6. The average molecular weight is 221 g/mol. The lowest BCUT2D eigenvalue weighted by molar-refractivity contribution is 0.191. The quantitative estimate of drug-likeness (QED) is 0.649. The van der Waals surface area contributed by atoms with Gasteiger partial charge in [-0.05, 0) is 18.8 Å². The maximum Gasteiger partial charge on any atom is 0.212 e. The highest BCUT2D eigenvalue weighted by Gasteiger charge is 2.22. The van der Waals surface area contributed by atoms with E-state index < -0.39 is 15.3 Å². The Bertz CT molecular complexity index is 261.